The number of benzene rings is 1. The van der Waals surface area contributed by atoms with Crippen molar-refractivity contribution in [2.75, 3.05) is 5.32 Å². The lowest BCUT2D eigenvalue weighted by atomic mass is 9.82. The van der Waals surface area contributed by atoms with E-state index < -0.39 is 5.54 Å². The topological polar surface area (TPSA) is 84.2 Å². The standard InChI is InChI=1S/C16H23N3O2/c1-12(20)19-14-7-5-13(6-8-14)11-18-15(21)16(17)9-3-2-4-10-16/h5-8H,2-4,9-11,17H2,1H3,(H,18,21)(H,19,20). The molecule has 1 aromatic carbocycles. The zero-order valence-corrected chi connectivity index (χ0v) is 12.4. The Morgan fingerprint density at radius 1 is 1.14 bits per heavy atom. The van der Waals surface area contributed by atoms with Crippen molar-refractivity contribution in [1.82, 2.24) is 5.32 Å². The van der Waals surface area contributed by atoms with Crippen molar-refractivity contribution in [3.63, 3.8) is 0 Å². The molecule has 2 amide bonds. The fourth-order valence-electron chi connectivity index (χ4n) is 2.68. The largest absolute Gasteiger partial charge is 0.350 e. The summed E-state index contributed by atoms with van der Waals surface area (Å²) in [6.45, 7) is 1.93. The van der Waals surface area contributed by atoms with E-state index in [0.29, 0.717) is 6.54 Å². The minimum atomic E-state index is -0.700. The third kappa shape index (κ3) is 4.29. The summed E-state index contributed by atoms with van der Waals surface area (Å²) >= 11 is 0. The first-order valence-electron chi connectivity index (χ1n) is 7.43. The number of anilines is 1. The second kappa shape index (κ2) is 6.72. The zero-order valence-electron chi connectivity index (χ0n) is 12.4. The highest BCUT2D eigenvalue weighted by molar-refractivity contribution is 5.88. The number of carbonyl (C=O) groups is 2. The fraction of sp³-hybridized carbons (Fsp3) is 0.500. The van der Waals surface area contributed by atoms with Crippen LogP contribution in [0.4, 0.5) is 5.69 Å². The molecular formula is C16H23N3O2. The van der Waals surface area contributed by atoms with Crippen LogP contribution < -0.4 is 16.4 Å². The molecule has 0 spiro atoms. The Morgan fingerprint density at radius 3 is 2.33 bits per heavy atom. The van der Waals surface area contributed by atoms with Gasteiger partial charge in [0.25, 0.3) is 0 Å². The van der Waals surface area contributed by atoms with Crippen molar-refractivity contribution in [3.05, 3.63) is 29.8 Å². The quantitative estimate of drug-likeness (QED) is 0.791. The number of hydrogen-bond acceptors (Lipinski definition) is 3. The Balaban J connectivity index is 1.87. The lowest BCUT2D eigenvalue weighted by Gasteiger charge is -2.31. The number of nitrogens with two attached hydrogens (primary N) is 1. The van der Waals surface area contributed by atoms with Gasteiger partial charge in [-0.25, -0.2) is 0 Å². The van der Waals surface area contributed by atoms with E-state index in [9.17, 15) is 9.59 Å². The number of hydrogen-bond donors (Lipinski definition) is 3. The van der Waals surface area contributed by atoms with Crippen LogP contribution in [0.25, 0.3) is 0 Å². The first-order valence-corrected chi connectivity index (χ1v) is 7.43. The summed E-state index contributed by atoms with van der Waals surface area (Å²) in [6.07, 6.45) is 4.74. The normalized spacial score (nSPS) is 17.0. The summed E-state index contributed by atoms with van der Waals surface area (Å²) < 4.78 is 0. The second-order valence-corrected chi connectivity index (χ2v) is 5.78. The maximum Gasteiger partial charge on any atom is 0.240 e. The maximum atomic E-state index is 12.2. The van der Waals surface area contributed by atoms with Crippen LogP contribution in [0.3, 0.4) is 0 Å². The minimum absolute atomic E-state index is 0.0619. The fourth-order valence-corrected chi connectivity index (χ4v) is 2.68. The van der Waals surface area contributed by atoms with Crippen molar-refractivity contribution >= 4 is 17.5 Å². The molecule has 0 radical (unpaired) electrons. The van der Waals surface area contributed by atoms with E-state index in [1.54, 1.807) is 0 Å². The Morgan fingerprint density at radius 2 is 1.76 bits per heavy atom. The molecule has 0 saturated heterocycles. The Bertz CT molecular complexity index is 505. The van der Waals surface area contributed by atoms with Gasteiger partial charge in [0.1, 0.15) is 0 Å². The van der Waals surface area contributed by atoms with Crippen molar-refractivity contribution in [2.45, 2.75) is 51.1 Å². The van der Waals surface area contributed by atoms with E-state index in [2.05, 4.69) is 10.6 Å². The van der Waals surface area contributed by atoms with Crippen LogP contribution in [-0.4, -0.2) is 17.4 Å². The molecule has 2 rings (SSSR count). The van der Waals surface area contributed by atoms with Gasteiger partial charge in [0, 0.05) is 19.2 Å². The molecule has 0 unspecified atom stereocenters. The Labute approximate surface area is 125 Å². The van der Waals surface area contributed by atoms with Gasteiger partial charge in [-0.05, 0) is 30.5 Å². The van der Waals surface area contributed by atoms with Crippen molar-refractivity contribution in [1.29, 1.82) is 0 Å². The number of carbonyl (C=O) groups excluding carboxylic acids is 2. The van der Waals surface area contributed by atoms with Gasteiger partial charge in [0.15, 0.2) is 0 Å². The molecule has 4 N–H and O–H groups in total. The molecule has 0 bridgehead atoms. The number of amides is 2. The second-order valence-electron chi connectivity index (χ2n) is 5.78. The van der Waals surface area contributed by atoms with Crippen LogP contribution in [0.15, 0.2) is 24.3 Å². The lowest BCUT2D eigenvalue weighted by molar-refractivity contribution is -0.127. The van der Waals surface area contributed by atoms with Gasteiger partial charge in [-0.1, -0.05) is 31.4 Å². The highest BCUT2D eigenvalue weighted by Crippen LogP contribution is 2.26. The Hall–Kier alpha value is -1.88. The molecule has 0 heterocycles. The molecule has 114 valence electrons. The summed E-state index contributed by atoms with van der Waals surface area (Å²) in [7, 11) is 0. The molecule has 1 fully saturated rings. The van der Waals surface area contributed by atoms with Crippen LogP contribution in [0.1, 0.15) is 44.6 Å². The summed E-state index contributed by atoms with van der Waals surface area (Å²) in [5.74, 6) is -0.161. The van der Waals surface area contributed by atoms with Gasteiger partial charge in [0.2, 0.25) is 11.8 Å². The highest BCUT2D eigenvalue weighted by atomic mass is 16.2. The van der Waals surface area contributed by atoms with Crippen LogP contribution in [0.5, 0.6) is 0 Å². The van der Waals surface area contributed by atoms with Crippen LogP contribution in [-0.2, 0) is 16.1 Å². The van der Waals surface area contributed by atoms with Gasteiger partial charge in [-0.3, -0.25) is 9.59 Å². The summed E-state index contributed by atoms with van der Waals surface area (Å²) in [5.41, 5.74) is 7.22. The van der Waals surface area contributed by atoms with Gasteiger partial charge in [0.05, 0.1) is 5.54 Å². The molecule has 21 heavy (non-hydrogen) atoms. The molecule has 0 aliphatic heterocycles. The molecule has 5 nitrogen and oxygen atoms in total. The predicted molar refractivity (Wildman–Crippen MR) is 82.6 cm³/mol. The maximum absolute atomic E-state index is 12.2. The third-order valence-corrected chi connectivity index (χ3v) is 3.93. The Kier molecular flexibility index (Phi) is 4.96. The van der Waals surface area contributed by atoms with Crippen molar-refractivity contribution < 1.29 is 9.59 Å². The van der Waals surface area contributed by atoms with Crippen molar-refractivity contribution in [3.8, 4) is 0 Å². The molecule has 0 atom stereocenters. The molecule has 1 aliphatic carbocycles. The van der Waals surface area contributed by atoms with Crippen LogP contribution in [0, 0.1) is 0 Å². The van der Waals surface area contributed by atoms with E-state index in [1.165, 1.54) is 6.92 Å². The molecule has 1 aromatic rings. The van der Waals surface area contributed by atoms with Crippen molar-refractivity contribution in [2.24, 2.45) is 5.73 Å². The minimum Gasteiger partial charge on any atom is -0.350 e. The van der Waals surface area contributed by atoms with Gasteiger partial charge < -0.3 is 16.4 Å². The molecular weight excluding hydrogens is 266 g/mol. The summed E-state index contributed by atoms with van der Waals surface area (Å²) in [6, 6.07) is 7.41. The first kappa shape index (κ1) is 15.5. The van der Waals surface area contributed by atoms with Gasteiger partial charge in [-0.15, -0.1) is 0 Å². The van der Waals surface area contributed by atoms with E-state index in [-0.39, 0.29) is 11.8 Å². The average Bonchev–Trinajstić information content (AvgIpc) is 2.46. The van der Waals surface area contributed by atoms with E-state index in [0.717, 1.165) is 43.4 Å². The summed E-state index contributed by atoms with van der Waals surface area (Å²) in [5, 5.41) is 5.63. The van der Waals surface area contributed by atoms with Crippen LogP contribution in [0.2, 0.25) is 0 Å². The third-order valence-electron chi connectivity index (χ3n) is 3.93. The van der Waals surface area contributed by atoms with E-state index in [1.807, 2.05) is 24.3 Å². The molecule has 5 heteroatoms. The van der Waals surface area contributed by atoms with Gasteiger partial charge >= 0.3 is 0 Å². The predicted octanol–water partition coefficient (Wildman–Crippen LogP) is 1.92. The zero-order chi connectivity index (χ0) is 15.3. The summed E-state index contributed by atoms with van der Waals surface area (Å²) in [4.78, 5) is 23.2. The van der Waals surface area contributed by atoms with E-state index >= 15 is 0 Å². The lowest BCUT2D eigenvalue weighted by Crippen LogP contribution is -2.54. The molecule has 1 saturated carbocycles. The monoisotopic (exact) mass is 289 g/mol. The van der Waals surface area contributed by atoms with Gasteiger partial charge in [-0.2, -0.15) is 0 Å². The molecule has 1 aliphatic rings. The van der Waals surface area contributed by atoms with Crippen LogP contribution >= 0.6 is 0 Å². The first-order chi connectivity index (χ1) is 9.99. The average molecular weight is 289 g/mol. The number of rotatable bonds is 4. The number of nitrogens with one attached hydrogen (secondary N) is 2. The highest BCUT2D eigenvalue weighted by Gasteiger charge is 2.34. The smallest absolute Gasteiger partial charge is 0.240 e. The van der Waals surface area contributed by atoms with E-state index in [4.69, 9.17) is 5.73 Å². The molecule has 0 aromatic heterocycles. The SMILES string of the molecule is CC(=O)Nc1ccc(CNC(=O)C2(N)CCCCC2)cc1.